The molecule has 0 aliphatic carbocycles. The minimum atomic E-state index is -4.77. The molecule has 2 aromatic carbocycles. The van der Waals surface area contributed by atoms with Gasteiger partial charge in [0, 0.05) is 18.4 Å². The topological polar surface area (TPSA) is 45.4 Å². The Kier molecular flexibility index (Phi) is 5.88. The van der Waals surface area contributed by atoms with Crippen molar-refractivity contribution in [1.82, 2.24) is 9.13 Å². The molecule has 172 valence electrons. The summed E-state index contributed by atoms with van der Waals surface area (Å²) in [6.07, 6.45) is -3.31. The van der Waals surface area contributed by atoms with Gasteiger partial charge in [-0.25, -0.2) is 9.18 Å². The first-order valence-corrected chi connectivity index (χ1v) is 10.1. The van der Waals surface area contributed by atoms with E-state index in [0.29, 0.717) is 28.0 Å². The number of halogens is 4. The van der Waals surface area contributed by atoms with Gasteiger partial charge in [0.2, 0.25) is 0 Å². The molecule has 9 heteroatoms. The molecule has 0 radical (unpaired) electrons. The van der Waals surface area contributed by atoms with Crippen molar-refractivity contribution in [2.24, 2.45) is 0 Å². The van der Waals surface area contributed by atoms with E-state index in [0.717, 1.165) is 0 Å². The van der Waals surface area contributed by atoms with Gasteiger partial charge in [-0.05, 0) is 67.9 Å². The zero-order valence-electron chi connectivity index (χ0n) is 17.8. The number of rotatable bonds is 6. The summed E-state index contributed by atoms with van der Waals surface area (Å²) in [6, 6.07) is 14.9. The molecule has 0 unspecified atom stereocenters. The zero-order valence-corrected chi connectivity index (χ0v) is 17.8. The molecule has 0 aliphatic heterocycles. The van der Waals surface area contributed by atoms with Crippen LogP contribution in [-0.2, 0) is 11.3 Å². The van der Waals surface area contributed by atoms with Crippen molar-refractivity contribution >= 4 is 17.0 Å². The summed E-state index contributed by atoms with van der Waals surface area (Å²) in [6.45, 7) is 3.69. The van der Waals surface area contributed by atoms with E-state index in [-0.39, 0.29) is 24.2 Å². The molecule has 0 saturated carbocycles. The lowest BCUT2D eigenvalue weighted by Gasteiger charge is -2.13. The Bertz CT molecular complexity index is 1270. The largest absolute Gasteiger partial charge is 0.573 e. The third-order valence-electron chi connectivity index (χ3n) is 4.91. The maximum absolute atomic E-state index is 13.4. The fourth-order valence-corrected chi connectivity index (χ4v) is 3.56. The summed E-state index contributed by atoms with van der Waals surface area (Å²) in [5, 5.41) is 0. The van der Waals surface area contributed by atoms with E-state index >= 15 is 0 Å². The second kappa shape index (κ2) is 8.65. The highest BCUT2D eigenvalue weighted by Crippen LogP contribution is 2.28. The molecule has 4 aromatic rings. The second-order valence-corrected chi connectivity index (χ2v) is 7.69. The van der Waals surface area contributed by atoms with E-state index in [1.165, 1.54) is 36.4 Å². The molecule has 0 amide bonds. The fraction of sp³-hybridized carbons (Fsp3) is 0.208. The van der Waals surface area contributed by atoms with Crippen molar-refractivity contribution in [2.45, 2.75) is 32.9 Å². The van der Waals surface area contributed by atoms with Gasteiger partial charge < -0.3 is 18.6 Å². The highest BCUT2D eigenvalue weighted by atomic mass is 19.4. The number of esters is 1. The van der Waals surface area contributed by atoms with Crippen molar-refractivity contribution in [1.29, 1.82) is 0 Å². The molecule has 0 bridgehead atoms. The molecule has 0 saturated heterocycles. The number of ether oxygens (including phenoxy) is 2. The van der Waals surface area contributed by atoms with Gasteiger partial charge in [0.05, 0.1) is 17.1 Å². The fourth-order valence-electron chi connectivity index (χ4n) is 3.56. The van der Waals surface area contributed by atoms with Crippen molar-refractivity contribution < 1.29 is 31.8 Å². The molecule has 0 fully saturated rings. The maximum Gasteiger partial charge on any atom is 0.573 e. The van der Waals surface area contributed by atoms with Crippen molar-refractivity contribution in [3.05, 3.63) is 83.9 Å². The SMILES string of the molecule is CC(C)OC(=O)c1cc2c(ccn2-c2ccc(F)cc2)n1Cc1ccc(OC(F)(F)F)cc1. The number of hydrogen-bond acceptors (Lipinski definition) is 3. The van der Waals surface area contributed by atoms with Crippen LogP contribution >= 0.6 is 0 Å². The van der Waals surface area contributed by atoms with E-state index < -0.39 is 12.3 Å². The minimum Gasteiger partial charge on any atom is -0.458 e. The van der Waals surface area contributed by atoms with Gasteiger partial charge in [0.1, 0.15) is 17.3 Å². The van der Waals surface area contributed by atoms with Gasteiger partial charge in [-0.1, -0.05) is 12.1 Å². The van der Waals surface area contributed by atoms with Crippen LogP contribution in [0.15, 0.2) is 66.9 Å². The van der Waals surface area contributed by atoms with Gasteiger partial charge in [0.15, 0.2) is 0 Å². The predicted molar refractivity (Wildman–Crippen MR) is 114 cm³/mol. The van der Waals surface area contributed by atoms with Gasteiger partial charge in [0.25, 0.3) is 0 Å². The van der Waals surface area contributed by atoms with E-state index in [4.69, 9.17) is 4.74 Å². The van der Waals surface area contributed by atoms with Crippen LogP contribution in [-0.4, -0.2) is 27.6 Å². The molecule has 0 N–H and O–H groups in total. The summed E-state index contributed by atoms with van der Waals surface area (Å²) in [7, 11) is 0. The Morgan fingerprint density at radius 2 is 1.64 bits per heavy atom. The number of carbonyl (C=O) groups is 1. The number of carbonyl (C=O) groups excluding carboxylic acids is 1. The monoisotopic (exact) mass is 460 g/mol. The normalized spacial score (nSPS) is 11.8. The highest BCUT2D eigenvalue weighted by Gasteiger charge is 2.31. The van der Waals surface area contributed by atoms with Crippen LogP contribution in [0.25, 0.3) is 16.7 Å². The molecule has 33 heavy (non-hydrogen) atoms. The van der Waals surface area contributed by atoms with Gasteiger partial charge >= 0.3 is 12.3 Å². The third kappa shape index (κ3) is 5.02. The van der Waals surface area contributed by atoms with Crippen LogP contribution in [0.4, 0.5) is 17.6 Å². The lowest BCUT2D eigenvalue weighted by molar-refractivity contribution is -0.274. The number of benzene rings is 2. The summed E-state index contributed by atoms with van der Waals surface area (Å²) in [5.41, 5.74) is 3.08. The molecular weight excluding hydrogens is 440 g/mol. The lowest BCUT2D eigenvalue weighted by Crippen LogP contribution is -2.17. The molecule has 0 spiro atoms. The van der Waals surface area contributed by atoms with Gasteiger partial charge in [-0.3, -0.25) is 0 Å². The first kappa shape index (κ1) is 22.4. The first-order valence-electron chi connectivity index (χ1n) is 10.1. The van der Waals surface area contributed by atoms with Crippen LogP contribution in [0.1, 0.15) is 29.9 Å². The number of alkyl halides is 3. The minimum absolute atomic E-state index is 0.214. The number of nitrogens with zero attached hydrogens (tertiary/aromatic N) is 2. The lowest BCUT2D eigenvalue weighted by atomic mass is 10.2. The average Bonchev–Trinajstić information content (AvgIpc) is 3.29. The van der Waals surface area contributed by atoms with Crippen LogP contribution in [0, 0.1) is 5.82 Å². The van der Waals surface area contributed by atoms with Crippen molar-refractivity contribution in [2.75, 3.05) is 0 Å². The van der Waals surface area contributed by atoms with Crippen LogP contribution in [0.3, 0.4) is 0 Å². The zero-order chi connectivity index (χ0) is 23.8. The molecule has 2 heterocycles. The number of aromatic nitrogens is 2. The summed E-state index contributed by atoms with van der Waals surface area (Å²) >= 11 is 0. The molecular formula is C24H20F4N2O3. The Balaban J connectivity index is 1.73. The molecule has 0 aliphatic rings. The quantitative estimate of drug-likeness (QED) is 0.259. The van der Waals surface area contributed by atoms with E-state index in [2.05, 4.69) is 4.74 Å². The summed E-state index contributed by atoms with van der Waals surface area (Å²) in [5.74, 6) is -1.21. The second-order valence-electron chi connectivity index (χ2n) is 7.69. The molecule has 5 nitrogen and oxygen atoms in total. The van der Waals surface area contributed by atoms with Crippen molar-refractivity contribution in [3.8, 4) is 11.4 Å². The molecule has 0 atom stereocenters. The predicted octanol–water partition coefficient (Wildman–Crippen LogP) is 6.08. The highest BCUT2D eigenvalue weighted by molar-refractivity contribution is 5.95. The van der Waals surface area contributed by atoms with Crippen LogP contribution < -0.4 is 4.74 Å². The maximum atomic E-state index is 13.4. The van der Waals surface area contributed by atoms with Gasteiger partial charge in [-0.2, -0.15) is 0 Å². The average molecular weight is 460 g/mol. The Morgan fingerprint density at radius 3 is 2.24 bits per heavy atom. The Labute approximate surface area is 186 Å². The van der Waals surface area contributed by atoms with Crippen LogP contribution in [0.2, 0.25) is 0 Å². The van der Waals surface area contributed by atoms with Crippen LogP contribution in [0.5, 0.6) is 5.75 Å². The van der Waals surface area contributed by atoms with Gasteiger partial charge in [-0.15, -0.1) is 13.2 Å². The van der Waals surface area contributed by atoms with E-state index in [1.54, 1.807) is 42.8 Å². The molecule has 2 aromatic heterocycles. The number of fused-ring (bicyclic) bond motifs is 1. The third-order valence-corrected chi connectivity index (χ3v) is 4.91. The van der Waals surface area contributed by atoms with E-state index in [1.807, 2.05) is 10.6 Å². The Morgan fingerprint density at radius 1 is 0.970 bits per heavy atom. The van der Waals surface area contributed by atoms with Crippen molar-refractivity contribution in [3.63, 3.8) is 0 Å². The first-order chi connectivity index (χ1) is 15.6. The smallest absolute Gasteiger partial charge is 0.458 e. The number of hydrogen-bond donors (Lipinski definition) is 0. The Hall–Kier alpha value is -3.75. The molecule has 4 rings (SSSR count). The summed E-state index contributed by atoms with van der Waals surface area (Å²) < 4.78 is 63.5. The standard InChI is InChI=1S/C24H20F4N2O3/c1-15(2)32-23(31)22-13-21-20(11-12-29(21)18-7-5-17(25)6-8-18)30(22)14-16-3-9-19(10-4-16)33-24(26,27)28/h3-13,15H,14H2,1-2H3. The van der Waals surface area contributed by atoms with E-state index in [9.17, 15) is 22.4 Å². The summed E-state index contributed by atoms with van der Waals surface area (Å²) in [4.78, 5) is 12.8.